The van der Waals surface area contributed by atoms with E-state index in [9.17, 15) is 0 Å². The van der Waals surface area contributed by atoms with Crippen molar-refractivity contribution >= 4 is 0 Å². The first-order chi connectivity index (χ1) is 7.94. The van der Waals surface area contributed by atoms with Crippen LogP contribution in [-0.4, -0.2) is 25.8 Å². The third-order valence-electron chi connectivity index (χ3n) is 5.53. The summed E-state index contributed by atoms with van der Waals surface area (Å²) in [6.45, 7) is 10.5. The summed E-state index contributed by atoms with van der Waals surface area (Å²) in [6.07, 6.45) is 5.41. The van der Waals surface area contributed by atoms with Gasteiger partial charge in [-0.3, -0.25) is 0 Å². The van der Waals surface area contributed by atoms with E-state index < -0.39 is 0 Å². The van der Waals surface area contributed by atoms with Crippen LogP contribution in [0.4, 0.5) is 0 Å². The van der Waals surface area contributed by atoms with E-state index in [1.165, 1.54) is 19.3 Å². The van der Waals surface area contributed by atoms with Crippen LogP contribution in [-0.2, 0) is 4.74 Å². The molecule has 2 rings (SSSR count). The maximum absolute atomic E-state index is 5.32. The topological polar surface area (TPSA) is 21.3 Å². The van der Waals surface area contributed by atoms with Crippen LogP contribution >= 0.6 is 0 Å². The fourth-order valence-corrected chi connectivity index (χ4v) is 4.44. The van der Waals surface area contributed by atoms with Gasteiger partial charge in [-0.2, -0.15) is 0 Å². The largest absolute Gasteiger partial charge is 0.383 e. The van der Waals surface area contributed by atoms with Crippen molar-refractivity contribution in [1.29, 1.82) is 0 Å². The molecule has 2 bridgehead atoms. The number of fused-ring (bicyclic) bond motifs is 2. The zero-order chi connectivity index (χ0) is 12.7. The van der Waals surface area contributed by atoms with Gasteiger partial charge in [-0.15, -0.1) is 0 Å². The standard InChI is InChI=1S/C15H29NO/c1-6-12(10-17-5)16-13-14(2,3)11-7-8-15(13,4)9-11/h11-13,16H,6-10H2,1-5H3. The Labute approximate surface area is 107 Å². The molecule has 0 radical (unpaired) electrons. The molecule has 2 aliphatic carbocycles. The van der Waals surface area contributed by atoms with Gasteiger partial charge in [0.15, 0.2) is 0 Å². The van der Waals surface area contributed by atoms with Gasteiger partial charge in [0.25, 0.3) is 0 Å². The number of ether oxygens (including phenoxy) is 1. The van der Waals surface area contributed by atoms with Crippen LogP contribution < -0.4 is 5.32 Å². The van der Waals surface area contributed by atoms with Gasteiger partial charge in [-0.1, -0.05) is 27.7 Å². The smallest absolute Gasteiger partial charge is 0.0615 e. The minimum Gasteiger partial charge on any atom is -0.383 e. The molecule has 0 aliphatic heterocycles. The van der Waals surface area contributed by atoms with Crippen molar-refractivity contribution in [2.24, 2.45) is 16.7 Å². The maximum atomic E-state index is 5.32. The first-order valence-corrected chi connectivity index (χ1v) is 7.19. The van der Waals surface area contributed by atoms with Crippen LogP contribution in [0.3, 0.4) is 0 Å². The Hall–Kier alpha value is -0.0800. The number of nitrogens with one attached hydrogen (secondary N) is 1. The third-order valence-corrected chi connectivity index (χ3v) is 5.53. The molecule has 0 saturated heterocycles. The monoisotopic (exact) mass is 239 g/mol. The van der Waals surface area contributed by atoms with E-state index in [1.807, 2.05) is 0 Å². The predicted molar refractivity (Wildman–Crippen MR) is 72.1 cm³/mol. The van der Waals surface area contributed by atoms with Gasteiger partial charge in [-0.25, -0.2) is 0 Å². The summed E-state index contributed by atoms with van der Waals surface area (Å²) in [7, 11) is 1.80. The van der Waals surface area contributed by atoms with E-state index in [2.05, 4.69) is 33.0 Å². The lowest BCUT2D eigenvalue weighted by Gasteiger charge is -2.45. The molecule has 4 unspecified atom stereocenters. The highest BCUT2D eigenvalue weighted by molar-refractivity contribution is 5.12. The Morgan fingerprint density at radius 1 is 1.35 bits per heavy atom. The molecule has 2 fully saturated rings. The number of rotatable bonds is 5. The van der Waals surface area contributed by atoms with Crippen LogP contribution in [0.2, 0.25) is 0 Å². The molecule has 2 nitrogen and oxygen atoms in total. The average molecular weight is 239 g/mol. The molecule has 0 amide bonds. The Bertz CT molecular complexity index is 271. The van der Waals surface area contributed by atoms with E-state index >= 15 is 0 Å². The molecule has 4 atom stereocenters. The molecule has 0 heterocycles. The van der Waals surface area contributed by atoms with Crippen molar-refractivity contribution in [1.82, 2.24) is 5.32 Å². The van der Waals surface area contributed by atoms with E-state index in [1.54, 1.807) is 7.11 Å². The van der Waals surface area contributed by atoms with E-state index in [0.29, 0.717) is 22.9 Å². The zero-order valence-electron chi connectivity index (χ0n) is 12.2. The third kappa shape index (κ3) is 2.15. The normalized spacial score (nSPS) is 40.8. The summed E-state index contributed by atoms with van der Waals surface area (Å²) < 4.78 is 5.32. The highest BCUT2D eigenvalue weighted by Gasteiger charge is 2.59. The molecule has 0 aromatic heterocycles. The van der Waals surface area contributed by atoms with Crippen LogP contribution in [0.1, 0.15) is 53.4 Å². The van der Waals surface area contributed by atoms with Crippen molar-refractivity contribution < 1.29 is 4.74 Å². The number of methoxy groups -OCH3 is 1. The van der Waals surface area contributed by atoms with Gasteiger partial charge in [0.1, 0.15) is 0 Å². The van der Waals surface area contributed by atoms with E-state index in [0.717, 1.165) is 18.9 Å². The molecule has 0 aromatic carbocycles. The summed E-state index contributed by atoms with van der Waals surface area (Å²) in [6, 6.07) is 1.18. The molecule has 0 spiro atoms. The van der Waals surface area contributed by atoms with E-state index in [4.69, 9.17) is 4.74 Å². The van der Waals surface area contributed by atoms with Crippen molar-refractivity contribution in [2.75, 3.05) is 13.7 Å². The van der Waals surface area contributed by atoms with Gasteiger partial charge in [0.2, 0.25) is 0 Å². The SMILES string of the molecule is CCC(COC)NC1C2(C)CCC(C2)C1(C)C. The second kappa shape index (κ2) is 4.55. The first kappa shape index (κ1) is 13.4. The first-order valence-electron chi connectivity index (χ1n) is 7.19. The predicted octanol–water partition coefficient (Wildman–Crippen LogP) is 3.22. The lowest BCUT2D eigenvalue weighted by molar-refractivity contribution is 0.0769. The highest BCUT2D eigenvalue weighted by Crippen LogP contribution is 2.62. The highest BCUT2D eigenvalue weighted by atomic mass is 16.5. The van der Waals surface area contributed by atoms with Crippen LogP contribution in [0.15, 0.2) is 0 Å². The van der Waals surface area contributed by atoms with Gasteiger partial charge >= 0.3 is 0 Å². The van der Waals surface area contributed by atoms with Crippen molar-refractivity contribution in [2.45, 2.75) is 65.5 Å². The number of hydrogen-bond donors (Lipinski definition) is 1. The quantitative estimate of drug-likeness (QED) is 0.795. The van der Waals surface area contributed by atoms with E-state index in [-0.39, 0.29) is 0 Å². The fourth-order valence-electron chi connectivity index (χ4n) is 4.44. The minimum atomic E-state index is 0.453. The van der Waals surface area contributed by atoms with Crippen LogP contribution in [0.5, 0.6) is 0 Å². The Morgan fingerprint density at radius 3 is 2.53 bits per heavy atom. The molecule has 1 N–H and O–H groups in total. The minimum absolute atomic E-state index is 0.453. The Morgan fingerprint density at radius 2 is 2.06 bits per heavy atom. The molecule has 100 valence electrons. The van der Waals surface area contributed by atoms with Crippen molar-refractivity contribution in [3.63, 3.8) is 0 Å². The summed E-state index contributed by atoms with van der Waals surface area (Å²) in [5, 5.41) is 3.90. The van der Waals surface area contributed by atoms with Gasteiger partial charge in [-0.05, 0) is 42.4 Å². The molecule has 17 heavy (non-hydrogen) atoms. The molecule has 0 aromatic rings. The maximum Gasteiger partial charge on any atom is 0.0615 e. The van der Waals surface area contributed by atoms with Gasteiger partial charge < -0.3 is 10.1 Å². The Kier molecular flexibility index (Phi) is 3.57. The fraction of sp³-hybridized carbons (Fsp3) is 1.00. The second-order valence-electron chi connectivity index (χ2n) is 7.08. The lowest BCUT2D eigenvalue weighted by Crippen LogP contribution is -2.54. The molecule has 2 heteroatoms. The van der Waals surface area contributed by atoms with Crippen LogP contribution in [0.25, 0.3) is 0 Å². The van der Waals surface area contributed by atoms with Crippen LogP contribution in [0, 0.1) is 16.7 Å². The van der Waals surface area contributed by atoms with Gasteiger partial charge in [0, 0.05) is 19.2 Å². The van der Waals surface area contributed by atoms with Crippen molar-refractivity contribution in [3.8, 4) is 0 Å². The molecular formula is C15H29NO. The summed E-state index contributed by atoms with van der Waals surface area (Å²) in [5.74, 6) is 0.921. The molecule has 2 aliphatic rings. The zero-order valence-corrected chi connectivity index (χ0v) is 12.2. The van der Waals surface area contributed by atoms with Gasteiger partial charge in [0.05, 0.1) is 6.61 Å². The summed E-state index contributed by atoms with van der Waals surface area (Å²) >= 11 is 0. The average Bonchev–Trinajstić information content (AvgIpc) is 2.74. The molecular weight excluding hydrogens is 210 g/mol. The Balaban J connectivity index is 2.09. The second-order valence-corrected chi connectivity index (χ2v) is 7.08. The summed E-state index contributed by atoms with van der Waals surface area (Å²) in [4.78, 5) is 0. The molecule has 2 saturated carbocycles. The summed E-state index contributed by atoms with van der Waals surface area (Å²) in [5.41, 5.74) is 0.976. The van der Waals surface area contributed by atoms with Crippen molar-refractivity contribution in [3.05, 3.63) is 0 Å². The lowest BCUT2D eigenvalue weighted by atomic mass is 9.68. The number of hydrogen-bond acceptors (Lipinski definition) is 2.